The fraction of sp³-hybridized carbons (Fsp3) is 0.409. The molecule has 8 nitrogen and oxygen atoms in total. The number of aryl methyl sites for hydroxylation is 1. The Morgan fingerprint density at radius 2 is 1.97 bits per heavy atom. The van der Waals surface area contributed by atoms with Crippen molar-refractivity contribution in [2.75, 3.05) is 39.6 Å². The Morgan fingerprint density at radius 1 is 1.16 bits per heavy atom. The number of ketones is 1. The van der Waals surface area contributed by atoms with Crippen molar-refractivity contribution in [3.05, 3.63) is 41.9 Å². The molecule has 31 heavy (non-hydrogen) atoms. The standard InChI is InChI=1S/C22H26N4O4S/c1-15-17(7-10-28-15)21-23-24-22(26(21)9-4-8-25(2)3)31-14-18(27)16-5-6-19-20(13-16)30-12-11-29-19/h5-7,10,13H,4,8-9,11-12,14H2,1-3H3. The van der Waals surface area contributed by atoms with E-state index in [0.717, 1.165) is 41.8 Å². The van der Waals surface area contributed by atoms with Crippen LogP contribution in [0.2, 0.25) is 0 Å². The molecule has 0 aliphatic carbocycles. The Kier molecular flexibility index (Phi) is 6.62. The van der Waals surface area contributed by atoms with Crippen LogP contribution < -0.4 is 9.47 Å². The van der Waals surface area contributed by atoms with Crippen LogP contribution in [0.15, 0.2) is 40.1 Å². The highest BCUT2D eigenvalue weighted by molar-refractivity contribution is 7.99. The summed E-state index contributed by atoms with van der Waals surface area (Å²) in [5.74, 6) is 3.12. The summed E-state index contributed by atoms with van der Waals surface area (Å²) >= 11 is 1.39. The molecule has 0 spiro atoms. The van der Waals surface area contributed by atoms with Gasteiger partial charge in [0.2, 0.25) is 0 Å². The second kappa shape index (κ2) is 9.57. The van der Waals surface area contributed by atoms with Gasteiger partial charge in [0.05, 0.1) is 17.6 Å². The smallest absolute Gasteiger partial charge is 0.191 e. The van der Waals surface area contributed by atoms with Crippen LogP contribution in [0, 0.1) is 6.92 Å². The molecular formula is C22H26N4O4S. The van der Waals surface area contributed by atoms with Gasteiger partial charge in [0.15, 0.2) is 28.3 Å². The number of ether oxygens (including phenoxy) is 2. The number of aromatic nitrogens is 3. The predicted molar refractivity (Wildman–Crippen MR) is 118 cm³/mol. The van der Waals surface area contributed by atoms with Crippen molar-refractivity contribution >= 4 is 17.5 Å². The maximum atomic E-state index is 12.8. The van der Waals surface area contributed by atoms with Crippen LogP contribution in [0.4, 0.5) is 0 Å². The van der Waals surface area contributed by atoms with Crippen molar-refractivity contribution in [3.63, 3.8) is 0 Å². The average Bonchev–Trinajstić information content (AvgIpc) is 3.37. The van der Waals surface area contributed by atoms with Gasteiger partial charge in [0.25, 0.3) is 0 Å². The number of benzene rings is 1. The minimum atomic E-state index is 0.00542. The number of thioether (sulfide) groups is 1. The molecule has 0 amide bonds. The minimum Gasteiger partial charge on any atom is -0.486 e. The third kappa shape index (κ3) is 4.94. The lowest BCUT2D eigenvalue weighted by atomic mass is 10.1. The summed E-state index contributed by atoms with van der Waals surface area (Å²) in [7, 11) is 4.10. The monoisotopic (exact) mass is 442 g/mol. The van der Waals surface area contributed by atoms with Gasteiger partial charge in [-0.3, -0.25) is 4.79 Å². The van der Waals surface area contributed by atoms with Crippen LogP contribution in [0.3, 0.4) is 0 Å². The van der Waals surface area contributed by atoms with E-state index in [1.807, 2.05) is 13.0 Å². The SMILES string of the molecule is Cc1occc1-c1nnc(SCC(=O)c2ccc3c(c2)OCCO3)n1CCCN(C)C. The van der Waals surface area contributed by atoms with Gasteiger partial charge in [0, 0.05) is 12.1 Å². The van der Waals surface area contributed by atoms with Gasteiger partial charge >= 0.3 is 0 Å². The molecular weight excluding hydrogens is 416 g/mol. The first kappa shape index (κ1) is 21.5. The summed E-state index contributed by atoms with van der Waals surface area (Å²) < 4.78 is 18.7. The van der Waals surface area contributed by atoms with E-state index in [1.165, 1.54) is 11.8 Å². The minimum absolute atomic E-state index is 0.00542. The van der Waals surface area contributed by atoms with Crippen LogP contribution in [-0.4, -0.2) is 65.1 Å². The average molecular weight is 443 g/mol. The Hall–Kier alpha value is -2.78. The molecule has 0 fully saturated rings. The molecule has 0 atom stereocenters. The quantitative estimate of drug-likeness (QED) is 0.368. The Morgan fingerprint density at radius 3 is 2.71 bits per heavy atom. The highest BCUT2D eigenvalue weighted by Crippen LogP contribution is 2.32. The number of furan rings is 1. The summed E-state index contributed by atoms with van der Waals surface area (Å²) in [6.07, 6.45) is 2.60. The van der Waals surface area contributed by atoms with Gasteiger partial charge in [-0.2, -0.15) is 0 Å². The number of fused-ring (bicyclic) bond motifs is 1. The van der Waals surface area contributed by atoms with Crippen LogP contribution in [0.1, 0.15) is 22.5 Å². The third-order valence-electron chi connectivity index (χ3n) is 5.00. The lowest BCUT2D eigenvalue weighted by molar-refractivity contribution is 0.102. The lowest BCUT2D eigenvalue weighted by Gasteiger charge is -2.18. The topological polar surface area (TPSA) is 82.6 Å². The van der Waals surface area contributed by atoms with Crippen molar-refractivity contribution in [2.24, 2.45) is 0 Å². The van der Waals surface area contributed by atoms with E-state index in [0.29, 0.717) is 30.3 Å². The summed E-state index contributed by atoms with van der Waals surface area (Å²) in [5, 5.41) is 9.49. The first-order valence-corrected chi connectivity index (χ1v) is 11.2. The van der Waals surface area contributed by atoms with E-state index in [9.17, 15) is 4.79 Å². The molecule has 0 bridgehead atoms. The molecule has 2 aromatic heterocycles. The molecule has 3 heterocycles. The van der Waals surface area contributed by atoms with Gasteiger partial charge < -0.3 is 23.4 Å². The van der Waals surface area contributed by atoms with E-state index in [2.05, 4.69) is 33.8 Å². The highest BCUT2D eigenvalue weighted by Gasteiger charge is 2.20. The molecule has 1 aromatic carbocycles. The molecule has 0 saturated carbocycles. The van der Waals surface area contributed by atoms with Crippen LogP contribution in [0.5, 0.6) is 11.5 Å². The second-order valence-corrected chi connectivity index (χ2v) is 8.52. The predicted octanol–water partition coefficient (Wildman–Crippen LogP) is 3.54. The summed E-state index contributed by atoms with van der Waals surface area (Å²) in [6.45, 7) is 4.63. The molecule has 1 aliphatic rings. The zero-order valence-corrected chi connectivity index (χ0v) is 18.8. The number of carbonyl (C=O) groups is 1. The largest absolute Gasteiger partial charge is 0.486 e. The molecule has 0 radical (unpaired) electrons. The number of Topliss-reactive ketones (excluding diaryl/α,β-unsaturated/α-hetero) is 1. The van der Waals surface area contributed by atoms with Gasteiger partial charge in [-0.15, -0.1) is 10.2 Å². The molecule has 9 heteroatoms. The normalized spacial score (nSPS) is 13.0. The van der Waals surface area contributed by atoms with E-state index >= 15 is 0 Å². The van der Waals surface area contributed by atoms with Crippen LogP contribution in [-0.2, 0) is 6.54 Å². The van der Waals surface area contributed by atoms with Gasteiger partial charge in [0.1, 0.15) is 19.0 Å². The van der Waals surface area contributed by atoms with Crippen molar-refractivity contribution in [1.82, 2.24) is 19.7 Å². The molecule has 0 unspecified atom stereocenters. The van der Waals surface area contributed by atoms with Gasteiger partial charge in [-0.25, -0.2) is 0 Å². The molecule has 0 N–H and O–H groups in total. The van der Waals surface area contributed by atoms with Crippen molar-refractivity contribution in [2.45, 2.75) is 25.0 Å². The fourth-order valence-electron chi connectivity index (χ4n) is 3.39. The van der Waals surface area contributed by atoms with Crippen LogP contribution in [0.25, 0.3) is 11.4 Å². The first-order valence-electron chi connectivity index (χ1n) is 10.2. The Balaban J connectivity index is 1.50. The third-order valence-corrected chi connectivity index (χ3v) is 5.97. The molecule has 1 aliphatic heterocycles. The zero-order chi connectivity index (χ0) is 21.8. The summed E-state index contributed by atoms with van der Waals surface area (Å²) in [5.41, 5.74) is 1.52. The molecule has 164 valence electrons. The molecule has 4 rings (SSSR count). The number of carbonyl (C=O) groups excluding carboxylic acids is 1. The summed E-state index contributed by atoms with van der Waals surface area (Å²) in [4.78, 5) is 15.0. The van der Waals surface area contributed by atoms with E-state index < -0.39 is 0 Å². The second-order valence-electron chi connectivity index (χ2n) is 7.58. The number of rotatable bonds is 9. The molecule has 0 saturated heterocycles. The zero-order valence-electron chi connectivity index (χ0n) is 18.0. The van der Waals surface area contributed by atoms with Crippen molar-refractivity contribution in [1.29, 1.82) is 0 Å². The van der Waals surface area contributed by atoms with Crippen molar-refractivity contribution in [3.8, 4) is 22.9 Å². The number of hydrogen-bond acceptors (Lipinski definition) is 8. The molecule has 3 aromatic rings. The van der Waals surface area contributed by atoms with Gasteiger partial charge in [-0.05, 0) is 58.3 Å². The maximum Gasteiger partial charge on any atom is 0.191 e. The van der Waals surface area contributed by atoms with Crippen molar-refractivity contribution < 1.29 is 18.7 Å². The van der Waals surface area contributed by atoms with Crippen LogP contribution >= 0.6 is 11.8 Å². The highest BCUT2D eigenvalue weighted by atomic mass is 32.2. The fourth-order valence-corrected chi connectivity index (χ4v) is 4.25. The number of hydrogen-bond donors (Lipinski definition) is 0. The van der Waals surface area contributed by atoms with E-state index in [4.69, 9.17) is 13.9 Å². The maximum absolute atomic E-state index is 12.8. The summed E-state index contributed by atoms with van der Waals surface area (Å²) in [6, 6.07) is 7.21. The lowest BCUT2D eigenvalue weighted by Crippen LogP contribution is -2.16. The van der Waals surface area contributed by atoms with Gasteiger partial charge in [-0.1, -0.05) is 11.8 Å². The van der Waals surface area contributed by atoms with E-state index in [-0.39, 0.29) is 11.5 Å². The Labute approximate surface area is 185 Å². The Bertz CT molecular complexity index is 1060. The number of nitrogens with zero attached hydrogens (tertiary/aromatic N) is 4. The first-order chi connectivity index (χ1) is 15.0. The van der Waals surface area contributed by atoms with E-state index in [1.54, 1.807) is 24.5 Å².